The van der Waals surface area contributed by atoms with E-state index in [1.54, 1.807) is 23.6 Å². The molecule has 142 valence electrons. The Labute approximate surface area is 171 Å². The van der Waals surface area contributed by atoms with Gasteiger partial charge in [0.25, 0.3) is 0 Å². The molecule has 0 atom stereocenters. The standard InChI is InChI=1S/C18H21N5OS3/c1-5-19-16-21-22-18(27-16)26-10-14-9-25-17(20-14)23(13(4)24)15-7-6-11(2)8-12(15)3/h6-9H,5,10H2,1-4H3,(H,19,21). The highest BCUT2D eigenvalue weighted by Crippen LogP contribution is 2.34. The van der Waals surface area contributed by atoms with Crippen LogP contribution in [0.4, 0.5) is 16.0 Å². The van der Waals surface area contributed by atoms with Gasteiger partial charge in [0.1, 0.15) is 0 Å². The highest BCUT2D eigenvalue weighted by molar-refractivity contribution is 8.00. The van der Waals surface area contributed by atoms with E-state index < -0.39 is 0 Å². The minimum absolute atomic E-state index is 0.0464. The molecule has 0 spiro atoms. The van der Waals surface area contributed by atoms with Crippen molar-refractivity contribution in [1.82, 2.24) is 15.2 Å². The maximum atomic E-state index is 12.3. The zero-order chi connectivity index (χ0) is 19.4. The summed E-state index contributed by atoms with van der Waals surface area (Å²) >= 11 is 4.61. The summed E-state index contributed by atoms with van der Waals surface area (Å²) in [6, 6.07) is 6.07. The van der Waals surface area contributed by atoms with Crippen molar-refractivity contribution in [3.8, 4) is 0 Å². The molecule has 1 N–H and O–H groups in total. The van der Waals surface area contributed by atoms with Gasteiger partial charge < -0.3 is 5.32 Å². The molecule has 6 nitrogen and oxygen atoms in total. The molecule has 0 aliphatic rings. The van der Waals surface area contributed by atoms with Crippen LogP contribution in [0.5, 0.6) is 0 Å². The van der Waals surface area contributed by atoms with Crippen molar-refractivity contribution in [3.63, 3.8) is 0 Å². The predicted molar refractivity (Wildman–Crippen MR) is 114 cm³/mol. The SMILES string of the molecule is CCNc1nnc(SCc2csc(N(C(C)=O)c3ccc(C)cc3C)n2)s1. The maximum Gasteiger partial charge on any atom is 0.230 e. The number of nitrogens with one attached hydrogen (secondary N) is 1. The normalized spacial score (nSPS) is 10.8. The smallest absolute Gasteiger partial charge is 0.230 e. The van der Waals surface area contributed by atoms with Gasteiger partial charge in [-0.3, -0.25) is 9.69 Å². The van der Waals surface area contributed by atoms with Crippen LogP contribution in [-0.2, 0) is 10.5 Å². The highest BCUT2D eigenvalue weighted by Gasteiger charge is 2.20. The fourth-order valence-corrected chi connectivity index (χ4v) is 5.25. The van der Waals surface area contributed by atoms with Crippen LogP contribution in [0.2, 0.25) is 0 Å². The van der Waals surface area contributed by atoms with Gasteiger partial charge in [0.15, 0.2) is 9.47 Å². The third kappa shape index (κ3) is 4.85. The minimum Gasteiger partial charge on any atom is -0.360 e. The van der Waals surface area contributed by atoms with Gasteiger partial charge in [-0.2, -0.15) is 0 Å². The molecule has 3 rings (SSSR count). The Hall–Kier alpha value is -1.97. The summed E-state index contributed by atoms with van der Waals surface area (Å²) in [5.41, 5.74) is 4.03. The Balaban J connectivity index is 1.74. The van der Waals surface area contributed by atoms with E-state index in [1.165, 1.54) is 28.2 Å². The molecule has 0 unspecified atom stereocenters. The van der Waals surface area contributed by atoms with Crippen LogP contribution in [0.15, 0.2) is 27.9 Å². The Morgan fingerprint density at radius 3 is 2.81 bits per heavy atom. The monoisotopic (exact) mass is 419 g/mol. The van der Waals surface area contributed by atoms with Crippen molar-refractivity contribution in [2.45, 2.75) is 37.8 Å². The summed E-state index contributed by atoms with van der Waals surface area (Å²) in [7, 11) is 0. The van der Waals surface area contributed by atoms with Gasteiger partial charge in [0, 0.05) is 24.6 Å². The van der Waals surface area contributed by atoms with E-state index in [2.05, 4.69) is 26.6 Å². The van der Waals surface area contributed by atoms with E-state index in [0.717, 1.165) is 33.0 Å². The van der Waals surface area contributed by atoms with Crippen LogP contribution in [-0.4, -0.2) is 27.6 Å². The van der Waals surface area contributed by atoms with Crippen LogP contribution >= 0.6 is 34.4 Å². The van der Waals surface area contributed by atoms with Crippen molar-refractivity contribution in [2.24, 2.45) is 0 Å². The lowest BCUT2D eigenvalue weighted by Gasteiger charge is -2.20. The molecule has 0 radical (unpaired) electrons. The number of amides is 1. The average Bonchev–Trinajstić information content (AvgIpc) is 3.25. The fraction of sp³-hybridized carbons (Fsp3) is 0.333. The molecule has 27 heavy (non-hydrogen) atoms. The first-order chi connectivity index (χ1) is 13.0. The molecule has 1 amide bonds. The molecule has 2 aromatic heterocycles. The number of carbonyl (C=O) groups is 1. The van der Waals surface area contributed by atoms with Gasteiger partial charge in [-0.1, -0.05) is 40.8 Å². The van der Waals surface area contributed by atoms with E-state index >= 15 is 0 Å². The van der Waals surface area contributed by atoms with Crippen molar-refractivity contribution in [1.29, 1.82) is 0 Å². The Morgan fingerprint density at radius 2 is 2.11 bits per heavy atom. The number of hydrogen-bond donors (Lipinski definition) is 1. The number of hydrogen-bond acceptors (Lipinski definition) is 8. The molecule has 0 aliphatic carbocycles. The van der Waals surface area contributed by atoms with E-state index in [4.69, 9.17) is 0 Å². The van der Waals surface area contributed by atoms with E-state index in [-0.39, 0.29) is 5.91 Å². The third-order valence-corrected chi connectivity index (χ3v) is 6.64. The van der Waals surface area contributed by atoms with Gasteiger partial charge >= 0.3 is 0 Å². The molecule has 0 saturated carbocycles. The Bertz CT molecular complexity index is 937. The zero-order valence-electron chi connectivity index (χ0n) is 15.6. The fourth-order valence-electron chi connectivity index (χ4n) is 2.56. The molecule has 0 aliphatic heterocycles. The van der Waals surface area contributed by atoms with Gasteiger partial charge in [-0.25, -0.2) is 4.98 Å². The second kappa shape index (κ2) is 8.81. The van der Waals surface area contributed by atoms with Crippen LogP contribution < -0.4 is 10.2 Å². The van der Waals surface area contributed by atoms with E-state index in [9.17, 15) is 4.79 Å². The number of aryl methyl sites for hydroxylation is 2. The minimum atomic E-state index is -0.0464. The van der Waals surface area contributed by atoms with Gasteiger partial charge in [-0.05, 0) is 32.4 Å². The van der Waals surface area contributed by atoms with Crippen LogP contribution in [0.25, 0.3) is 0 Å². The second-order valence-electron chi connectivity index (χ2n) is 5.96. The van der Waals surface area contributed by atoms with Crippen LogP contribution in [0, 0.1) is 13.8 Å². The maximum absolute atomic E-state index is 12.3. The van der Waals surface area contributed by atoms with Gasteiger partial charge in [-0.15, -0.1) is 21.5 Å². The molecular formula is C18H21N5OS3. The van der Waals surface area contributed by atoms with E-state index in [1.807, 2.05) is 38.3 Å². The summed E-state index contributed by atoms with van der Waals surface area (Å²) in [6.07, 6.45) is 0. The number of nitrogens with zero attached hydrogens (tertiary/aromatic N) is 4. The van der Waals surface area contributed by atoms with Crippen molar-refractivity contribution in [3.05, 3.63) is 40.4 Å². The summed E-state index contributed by atoms with van der Waals surface area (Å²) in [5, 5.41) is 14.9. The number of thioether (sulfide) groups is 1. The molecule has 0 fully saturated rings. The largest absolute Gasteiger partial charge is 0.360 e. The molecule has 0 bridgehead atoms. The van der Waals surface area contributed by atoms with Crippen molar-refractivity contribution >= 4 is 56.3 Å². The number of benzene rings is 1. The number of thiazole rings is 1. The van der Waals surface area contributed by atoms with Crippen molar-refractivity contribution < 1.29 is 4.79 Å². The highest BCUT2D eigenvalue weighted by atomic mass is 32.2. The lowest BCUT2D eigenvalue weighted by molar-refractivity contribution is -0.115. The summed E-state index contributed by atoms with van der Waals surface area (Å²) in [6.45, 7) is 8.48. The molecule has 1 aromatic carbocycles. The molecule has 0 saturated heterocycles. The van der Waals surface area contributed by atoms with Crippen LogP contribution in [0.3, 0.4) is 0 Å². The zero-order valence-corrected chi connectivity index (χ0v) is 18.1. The summed E-state index contributed by atoms with van der Waals surface area (Å²) in [4.78, 5) is 18.7. The van der Waals surface area contributed by atoms with Crippen LogP contribution in [0.1, 0.15) is 30.7 Å². The quantitative estimate of drug-likeness (QED) is 0.542. The average molecular weight is 420 g/mol. The number of aromatic nitrogens is 3. The molecule has 3 aromatic rings. The first-order valence-electron chi connectivity index (χ1n) is 8.50. The predicted octanol–water partition coefficient (Wildman–Crippen LogP) is 5.02. The first-order valence-corrected chi connectivity index (χ1v) is 11.2. The number of carbonyl (C=O) groups excluding carboxylic acids is 1. The lowest BCUT2D eigenvalue weighted by Crippen LogP contribution is -2.23. The second-order valence-corrected chi connectivity index (χ2v) is 8.99. The Morgan fingerprint density at radius 1 is 1.30 bits per heavy atom. The third-order valence-electron chi connectivity index (χ3n) is 3.72. The molecular weight excluding hydrogens is 398 g/mol. The lowest BCUT2D eigenvalue weighted by atomic mass is 10.1. The van der Waals surface area contributed by atoms with Gasteiger partial charge in [0.2, 0.25) is 11.0 Å². The topological polar surface area (TPSA) is 71.0 Å². The van der Waals surface area contributed by atoms with E-state index in [0.29, 0.717) is 10.9 Å². The Kier molecular flexibility index (Phi) is 6.46. The number of anilines is 3. The first kappa shape index (κ1) is 19.8. The summed E-state index contributed by atoms with van der Waals surface area (Å²) in [5.74, 6) is 0.644. The summed E-state index contributed by atoms with van der Waals surface area (Å²) < 4.78 is 0.901. The number of rotatable bonds is 7. The molecule has 2 heterocycles. The van der Waals surface area contributed by atoms with Crippen molar-refractivity contribution in [2.75, 3.05) is 16.8 Å². The van der Waals surface area contributed by atoms with Gasteiger partial charge in [0.05, 0.1) is 11.4 Å². The molecule has 9 heteroatoms.